The zero-order valence-corrected chi connectivity index (χ0v) is 11.8. The van der Waals surface area contributed by atoms with E-state index in [-0.39, 0.29) is 17.7 Å². The summed E-state index contributed by atoms with van der Waals surface area (Å²) < 4.78 is 27.7. The fourth-order valence-corrected chi connectivity index (χ4v) is 3.09. The van der Waals surface area contributed by atoms with Crippen LogP contribution in [-0.4, -0.2) is 7.05 Å². The highest BCUT2D eigenvalue weighted by Crippen LogP contribution is 2.33. The van der Waals surface area contributed by atoms with Crippen molar-refractivity contribution in [3.63, 3.8) is 0 Å². The maximum absolute atomic E-state index is 14.0. The SMILES string of the molecule is CNC(CC1CCCCC1)c1cc(F)c(C)cc1F. The van der Waals surface area contributed by atoms with Gasteiger partial charge in [0.15, 0.2) is 0 Å². The van der Waals surface area contributed by atoms with Gasteiger partial charge in [-0.25, -0.2) is 8.78 Å². The summed E-state index contributed by atoms with van der Waals surface area (Å²) in [5.41, 5.74) is 0.838. The zero-order valence-electron chi connectivity index (χ0n) is 11.8. The van der Waals surface area contributed by atoms with Crippen molar-refractivity contribution in [2.45, 2.75) is 51.5 Å². The molecule has 106 valence electrons. The summed E-state index contributed by atoms with van der Waals surface area (Å²) >= 11 is 0. The molecule has 1 N–H and O–H groups in total. The van der Waals surface area contributed by atoms with Gasteiger partial charge in [-0.3, -0.25) is 0 Å². The Morgan fingerprint density at radius 1 is 1.16 bits per heavy atom. The third kappa shape index (κ3) is 3.53. The topological polar surface area (TPSA) is 12.0 Å². The summed E-state index contributed by atoms with van der Waals surface area (Å²) in [5, 5.41) is 3.15. The first-order chi connectivity index (χ1) is 9.11. The second-order valence-electron chi connectivity index (χ2n) is 5.70. The maximum atomic E-state index is 14.0. The normalized spacial score (nSPS) is 18.5. The predicted octanol–water partition coefficient (Wildman–Crippen LogP) is 4.50. The molecule has 0 spiro atoms. The Morgan fingerprint density at radius 2 is 1.84 bits per heavy atom. The van der Waals surface area contributed by atoms with Gasteiger partial charge >= 0.3 is 0 Å². The third-order valence-electron chi connectivity index (χ3n) is 4.30. The largest absolute Gasteiger partial charge is 0.313 e. The van der Waals surface area contributed by atoms with E-state index in [2.05, 4.69) is 5.32 Å². The van der Waals surface area contributed by atoms with E-state index in [0.29, 0.717) is 17.0 Å². The molecule has 1 aliphatic rings. The average molecular weight is 267 g/mol. The molecular formula is C16H23F2N. The molecule has 1 atom stereocenters. The maximum Gasteiger partial charge on any atom is 0.128 e. The molecule has 1 aromatic carbocycles. The standard InChI is InChI=1S/C16H23F2N/c1-11-8-15(18)13(10-14(11)17)16(19-2)9-12-6-4-3-5-7-12/h8,10,12,16,19H,3-7,9H2,1-2H3. The Kier molecular flexibility index (Phi) is 4.92. The minimum absolute atomic E-state index is 0.0850. The average Bonchev–Trinajstić information content (AvgIpc) is 2.42. The highest BCUT2D eigenvalue weighted by Gasteiger charge is 2.22. The molecular weight excluding hydrogens is 244 g/mol. The van der Waals surface area contributed by atoms with Gasteiger partial charge in [0.2, 0.25) is 0 Å². The lowest BCUT2D eigenvalue weighted by Crippen LogP contribution is -2.22. The molecule has 1 fully saturated rings. The smallest absolute Gasteiger partial charge is 0.128 e. The number of rotatable bonds is 4. The predicted molar refractivity (Wildman–Crippen MR) is 74.1 cm³/mol. The molecule has 0 heterocycles. The van der Waals surface area contributed by atoms with Gasteiger partial charge in [0.1, 0.15) is 11.6 Å². The molecule has 0 bridgehead atoms. The number of hydrogen-bond donors (Lipinski definition) is 1. The van der Waals surface area contributed by atoms with Crippen molar-refractivity contribution < 1.29 is 8.78 Å². The van der Waals surface area contributed by atoms with Crippen LogP contribution in [0.15, 0.2) is 12.1 Å². The van der Waals surface area contributed by atoms with E-state index in [1.165, 1.54) is 44.2 Å². The molecule has 0 amide bonds. The number of nitrogens with one attached hydrogen (secondary N) is 1. The Morgan fingerprint density at radius 3 is 2.47 bits per heavy atom. The summed E-state index contributed by atoms with van der Waals surface area (Å²) in [4.78, 5) is 0. The Labute approximate surface area is 114 Å². The van der Waals surface area contributed by atoms with Crippen LogP contribution in [0.5, 0.6) is 0 Å². The molecule has 0 aromatic heterocycles. The van der Waals surface area contributed by atoms with Gasteiger partial charge in [0.05, 0.1) is 0 Å². The van der Waals surface area contributed by atoms with Crippen LogP contribution < -0.4 is 5.32 Å². The highest BCUT2D eigenvalue weighted by molar-refractivity contribution is 5.27. The first-order valence-electron chi connectivity index (χ1n) is 7.24. The van der Waals surface area contributed by atoms with Crippen molar-refractivity contribution in [2.75, 3.05) is 7.05 Å². The summed E-state index contributed by atoms with van der Waals surface area (Å²) in [6, 6.07) is 2.57. The monoisotopic (exact) mass is 267 g/mol. The number of aryl methyl sites for hydroxylation is 1. The summed E-state index contributed by atoms with van der Waals surface area (Å²) in [7, 11) is 1.82. The molecule has 1 nitrogen and oxygen atoms in total. The van der Waals surface area contributed by atoms with E-state index in [9.17, 15) is 8.78 Å². The first kappa shape index (κ1) is 14.4. The van der Waals surface area contributed by atoms with Crippen molar-refractivity contribution in [1.29, 1.82) is 0 Å². The molecule has 19 heavy (non-hydrogen) atoms. The van der Waals surface area contributed by atoms with Crippen molar-refractivity contribution in [3.8, 4) is 0 Å². The molecule has 1 unspecified atom stereocenters. The third-order valence-corrected chi connectivity index (χ3v) is 4.30. The summed E-state index contributed by atoms with van der Waals surface area (Å²) in [6.45, 7) is 1.59. The van der Waals surface area contributed by atoms with E-state index >= 15 is 0 Å². The lowest BCUT2D eigenvalue weighted by molar-refractivity contribution is 0.302. The lowest BCUT2D eigenvalue weighted by Gasteiger charge is -2.27. The van der Waals surface area contributed by atoms with Gasteiger partial charge < -0.3 is 5.32 Å². The van der Waals surface area contributed by atoms with E-state index in [1.54, 1.807) is 6.92 Å². The molecule has 3 heteroatoms. The molecule has 0 radical (unpaired) electrons. The highest BCUT2D eigenvalue weighted by atomic mass is 19.1. The van der Waals surface area contributed by atoms with Crippen LogP contribution >= 0.6 is 0 Å². The van der Waals surface area contributed by atoms with E-state index in [1.807, 2.05) is 7.05 Å². The molecule has 1 aliphatic carbocycles. The van der Waals surface area contributed by atoms with Gasteiger partial charge in [-0.15, -0.1) is 0 Å². The molecule has 0 saturated heterocycles. The van der Waals surface area contributed by atoms with Crippen molar-refractivity contribution in [1.82, 2.24) is 5.32 Å². The zero-order chi connectivity index (χ0) is 13.8. The van der Waals surface area contributed by atoms with E-state index in [4.69, 9.17) is 0 Å². The van der Waals surface area contributed by atoms with Crippen LogP contribution in [-0.2, 0) is 0 Å². The number of hydrogen-bond acceptors (Lipinski definition) is 1. The number of halogens is 2. The minimum atomic E-state index is -0.319. The first-order valence-corrected chi connectivity index (χ1v) is 7.24. The van der Waals surface area contributed by atoms with Crippen LogP contribution in [0.4, 0.5) is 8.78 Å². The molecule has 1 saturated carbocycles. The van der Waals surface area contributed by atoms with Gasteiger partial charge in [-0.1, -0.05) is 32.1 Å². The molecule has 0 aliphatic heterocycles. The Bertz CT molecular complexity index is 425. The Hall–Kier alpha value is -0.960. The summed E-state index contributed by atoms with van der Waals surface area (Å²) in [6.07, 6.45) is 7.18. The van der Waals surface area contributed by atoms with Crippen LogP contribution in [0.1, 0.15) is 55.7 Å². The minimum Gasteiger partial charge on any atom is -0.313 e. The quantitative estimate of drug-likeness (QED) is 0.846. The lowest BCUT2D eigenvalue weighted by atomic mass is 9.83. The Balaban J connectivity index is 2.14. The molecule has 2 rings (SSSR count). The van der Waals surface area contributed by atoms with Gasteiger partial charge in [-0.2, -0.15) is 0 Å². The second-order valence-corrected chi connectivity index (χ2v) is 5.70. The van der Waals surface area contributed by atoms with Crippen molar-refractivity contribution in [3.05, 3.63) is 34.9 Å². The fourth-order valence-electron chi connectivity index (χ4n) is 3.09. The van der Waals surface area contributed by atoms with Crippen molar-refractivity contribution >= 4 is 0 Å². The second kappa shape index (κ2) is 6.47. The van der Waals surface area contributed by atoms with Crippen LogP contribution in [0.2, 0.25) is 0 Å². The molecule has 1 aromatic rings. The summed E-state index contributed by atoms with van der Waals surface area (Å²) in [5.74, 6) is 0.0179. The van der Waals surface area contributed by atoms with Crippen LogP contribution in [0.25, 0.3) is 0 Å². The van der Waals surface area contributed by atoms with Gasteiger partial charge in [0.25, 0.3) is 0 Å². The van der Waals surface area contributed by atoms with E-state index in [0.717, 1.165) is 6.42 Å². The fraction of sp³-hybridized carbons (Fsp3) is 0.625. The van der Waals surface area contributed by atoms with Crippen molar-refractivity contribution in [2.24, 2.45) is 5.92 Å². The van der Waals surface area contributed by atoms with Crippen LogP contribution in [0, 0.1) is 24.5 Å². The van der Waals surface area contributed by atoms with Gasteiger partial charge in [-0.05, 0) is 44.0 Å². The van der Waals surface area contributed by atoms with Gasteiger partial charge in [0, 0.05) is 11.6 Å². The number of benzene rings is 1. The van der Waals surface area contributed by atoms with Crippen LogP contribution in [0.3, 0.4) is 0 Å². The van der Waals surface area contributed by atoms with E-state index < -0.39 is 0 Å².